The van der Waals surface area contributed by atoms with E-state index in [1.165, 1.54) is 4.88 Å². The molecule has 0 aliphatic heterocycles. The Balaban J connectivity index is 1.35. The predicted octanol–water partition coefficient (Wildman–Crippen LogP) is 6.89. The van der Waals surface area contributed by atoms with Crippen LogP contribution >= 0.6 is 27.3 Å². The zero-order chi connectivity index (χ0) is 28.2. The minimum absolute atomic E-state index is 0.0843. The van der Waals surface area contributed by atoms with Gasteiger partial charge in [-0.3, -0.25) is 9.59 Å². The fourth-order valence-electron chi connectivity index (χ4n) is 4.89. The number of hydrazone groups is 1. The van der Waals surface area contributed by atoms with Gasteiger partial charge in [-0.25, -0.2) is 5.43 Å². The highest BCUT2D eigenvalue weighted by molar-refractivity contribution is 9.10. The molecule has 1 aliphatic rings. The van der Waals surface area contributed by atoms with Crippen molar-refractivity contribution in [2.24, 2.45) is 5.10 Å². The summed E-state index contributed by atoms with van der Waals surface area (Å²) in [6.45, 7) is 5.92. The Hall–Kier alpha value is -3.69. The Kier molecular flexibility index (Phi) is 8.52. The molecule has 2 aromatic carbocycles. The maximum Gasteiger partial charge on any atom is 0.277 e. The van der Waals surface area contributed by atoms with Crippen LogP contribution in [-0.4, -0.2) is 29.2 Å². The number of carbonyl (C=O) groups is 2. The van der Waals surface area contributed by atoms with Gasteiger partial charge in [0.1, 0.15) is 10.8 Å². The van der Waals surface area contributed by atoms with E-state index < -0.39 is 0 Å². The number of aryl methyl sites for hydroxylation is 3. The van der Waals surface area contributed by atoms with E-state index in [4.69, 9.17) is 4.74 Å². The molecule has 2 aromatic heterocycles. The van der Waals surface area contributed by atoms with Gasteiger partial charge < -0.3 is 14.6 Å². The first kappa shape index (κ1) is 27.9. The lowest BCUT2D eigenvalue weighted by Crippen LogP contribution is -2.24. The topological polar surface area (TPSA) is 84.7 Å². The van der Waals surface area contributed by atoms with E-state index in [9.17, 15) is 9.59 Å². The van der Waals surface area contributed by atoms with Gasteiger partial charge in [0, 0.05) is 32.0 Å². The molecule has 206 valence electrons. The molecule has 1 aliphatic carbocycles. The van der Waals surface area contributed by atoms with Crippen molar-refractivity contribution >= 4 is 51.0 Å². The van der Waals surface area contributed by atoms with Crippen LogP contribution in [0.1, 0.15) is 56.2 Å². The van der Waals surface area contributed by atoms with Crippen molar-refractivity contribution in [3.63, 3.8) is 0 Å². The molecule has 2 N–H and O–H groups in total. The number of ether oxygens (including phenoxy) is 1. The number of benzene rings is 2. The number of halogens is 1. The van der Waals surface area contributed by atoms with E-state index >= 15 is 0 Å². The SMILES string of the molecule is Cc1ccc(NC(=O)c2c(-n3c(C)cc(/C=N\NC(=O)COc4ccc(Br)cc4)c3C)sc3c2CCCC3)cc1. The van der Waals surface area contributed by atoms with Crippen LogP contribution in [0.5, 0.6) is 5.75 Å². The number of hydrogen-bond donors (Lipinski definition) is 2. The highest BCUT2D eigenvalue weighted by Crippen LogP contribution is 2.39. The molecule has 0 atom stereocenters. The molecule has 0 saturated heterocycles. The van der Waals surface area contributed by atoms with Gasteiger partial charge >= 0.3 is 0 Å². The summed E-state index contributed by atoms with van der Waals surface area (Å²) in [5.41, 5.74) is 9.19. The summed E-state index contributed by atoms with van der Waals surface area (Å²) in [5, 5.41) is 8.21. The monoisotopic (exact) mass is 618 g/mol. The Morgan fingerprint density at radius 2 is 1.77 bits per heavy atom. The summed E-state index contributed by atoms with van der Waals surface area (Å²) >= 11 is 5.08. The largest absolute Gasteiger partial charge is 0.484 e. The lowest BCUT2D eigenvalue weighted by Gasteiger charge is -2.14. The summed E-state index contributed by atoms with van der Waals surface area (Å²) < 4.78 is 8.58. The Bertz CT molecular complexity index is 1570. The number of nitrogens with one attached hydrogen (secondary N) is 2. The smallest absolute Gasteiger partial charge is 0.277 e. The summed E-state index contributed by atoms with van der Waals surface area (Å²) in [6.07, 6.45) is 5.76. The number of hydrogen-bond acceptors (Lipinski definition) is 5. The number of carbonyl (C=O) groups excluding carboxylic acids is 2. The maximum absolute atomic E-state index is 13.7. The molecule has 0 spiro atoms. The van der Waals surface area contributed by atoms with Crippen molar-refractivity contribution in [1.29, 1.82) is 0 Å². The first-order valence-corrected chi connectivity index (χ1v) is 14.8. The van der Waals surface area contributed by atoms with E-state index in [-0.39, 0.29) is 18.4 Å². The van der Waals surface area contributed by atoms with Crippen LogP contribution in [0.4, 0.5) is 5.69 Å². The van der Waals surface area contributed by atoms with E-state index in [0.717, 1.165) is 74.5 Å². The second kappa shape index (κ2) is 12.2. The minimum atomic E-state index is -0.353. The zero-order valence-electron chi connectivity index (χ0n) is 22.7. The molecule has 2 heterocycles. The number of anilines is 1. The van der Waals surface area contributed by atoms with Gasteiger partial charge in [-0.05, 0) is 94.5 Å². The summed E-state index contributed by atoms with van der Waals surface area (Å²) in [5.74, 6) is 0.166. The maximum atomic E-state index is 13.7. The zero-order valence-corrected chi connectivity index (χ0v) is 25.1. The average molecular weight is 620 g/mol. The van der Waals surface area contributed by atoms with E-state index in [1.54, 1.807) is 29.7 Å². The molecule has 5 rings (SSSR count). The fraction of sp³-hybridized carbons (Fsp3) is 0.258. The van der Waals surface area contributed by atoms with Crippen LogP contribution in [0.3, 0.4) is 0 Å². The molecule has 7 nitrogen and oxygen atoms in total. The average Bonchev–Trinajstić information content (AvgIpc) is 3.45. The van der Waals surface area contributed by atoms with Crippen molar-refractivity contribution in [3.05, 3.63) is 97.6 Å². The standard InChI is InChI=1S/C31H31BrN4O3S/c1-19-8-12-24(13-9-19)34-30(38)29-26-6-4-5-7-27(26)40-31(29)36-20(2)16-22(21(36)3)17-33-35-28(37)18-39-25-14-10-23(32)11-15-25/h8-17H,4-7,18H2,1-3H3,(H,34,38)(H,35,37)/b33-17-. The number of aromatic nitrogens is 1. The highest BCUT2D eigenvalue weighted by Gasteiger charge is 2.28. The fourth-order valence-corrected chi connectivity index (χ4v) is 6.65. The van der Waals surface area contributed by atoms with E-state index in [0.29, 0.717) is 5.75 Å². The molecule has 2 amide bonds. The van der Waals surface area contributed by atoms with Crippen molar-refractivity contribution in [2.75, 3.05) is 11.9 Å². The molecule has 0 radical (unpaired) electrons. The summed E-state index contributed by atoms with van der Waals surface area (Å²) in [7, 11) is 0. The van der Waals surface area contributed by atoms with Gasteiger partial charge in [0.25, 0.3) is 11.8 Å². The third-order valence-corrected chi connectivity index (χ3v) is 8.74. The van der Waals surface area contributed by atoms with Crippen molar-refractivity contribution in [3.8, 4) is 10.8 Å². The molecule has 0 bridgehead atoms. The first-order valence-electron chi connectivity index (χ1n) is 13.2. The molecular formula is C31H31BrN4O3S. The molecule has 0 fully saturated rings. The van der Waals surface area contributed by atoms with E-state index in [1.807, 2.05) is 63.2 Å². The summed E-state index contributed by atoms with van der Waals surface area (Å²) in [4.78, 5) is 27.2. The normalized spacial score (nSPS) is 12.8. The lowest BCUT2D eigenvalue weighted by molar-refractivity contribution is -0.123. The third-order valence-electron chi connectivity index (χ3n) is 6.94. The van der Waals surface area contributed by atoms with Gasteiger partial charge in [0.05, 0.1) is 11.8 Å². The molecule has 40 heavy (non-hydrogen) atoms. The Morgan fingerprint density at radius 1 is 1.05 bits per heavy atom. The Morgan fingerprint density at radius 3 is 2.52 bits per heavy atom. The highest BCUT2D eigenvalue weighted by atomic mass is 79.9. The number of amides is 2. The van der Waals surface area contributed by atoms with Crippen LogP contribution in [0.25, 0.3) is 5.00 Å². The number of thiophene rings is 1. The van der Waals surface area contributed by atoms with Gasteiger partial charge in [0.15, 0.2) is 6.61 Å². The van der Waals surface area contributed by atoms with E-state index in [2.05, 4.69) is 36.3 Å². The van der Waals surface area contributed by atoms with Crippen LogP contribution in [0, 0.1) is 20.8 Å². The predicted molar refractivity (Wildman–Crippen MR) is 164 cm³/mol. The van der Waals surface area contributed by atoms with Crippen LogP contribution in [0.2, 0.25) is 0 Å². The minimum Gasteiger partial charge on any atom is -0.484 e. The van der Waals surface area contributed by atoms with Gasteiger partial charge in [-0.2, -0.15) is 5.10 Å². The van der Waals surface area contributed by atoms with Gasteiger partial charge in [-0.1, -0.05) is 33.6 Å². The molecule has 4 aromatic rings. The molecular weight excluding hydrogens is 588 g/mol. The molecule has 0 unspecified atom stereocenters. The second-order valence-corrected chi connectivity index (χ2v) is 11.9. The van der Waals surface area contributed by atoms with Gasteiger partial charge in [0.2, 0.25) is 0 Å². The van der Waals surface area contributed by atoms with Crippen LogP contribution < -0.4 is 15.5 Å². The lowest BCUT2D eigenvalue weighted by atomic mass is 9.95. The third kappa shape index (κ3) is 6.21. The molecule has 9 heteroatoms. The quantitative estimate of drug-likeness (QED) is 0.167. The van der Waals surface area contributed by atoms with Crippen molar-refractivity contribution in [1.82, 2.24) is 9.99 Å². The molecule has 0 saturated carbocycles. The van der Waals surface area contributed by atoms with Crippen molar-refractivity contribution in [2.45, 2.75) is 46.5 Å². The second-order valence-electron chi connectivity index (χ2n) is 9.91. The first-order chi connectivity index (χ1) is 19.3. The van der Waals surface area contributed by atoms with Crippen LogP contribution in [-0.2, 0) is 17.6 Å². The number of fused-ring (bicyclic) bond motifs is 1. The number of rotatable bonds is 8. The summed E-state index contributed by atoms with van der Waals surface area (Å²) in [6, 6.07) is 17.2. The number of nitrogens with zero attached hydrogens (tertiary/aromatic N) is 2. The van der Waals surface area contributed by atoms with Crippen LogP contribution in [0.15, 0.2) is 64.2 Å². The van der Waals surface area contributed by atoms with Crippen molar-refractivity contribution < 1.29 is 14.3 Å². The van der Waals surface area contributed by atoms with Gasteiger partial charge in [-0.15, -0.1) is 11.3 Å². The Labute approximate surface area is 246 Å².